The largest absolute Gasteiger partial charge is 0.449 e. The molecule has 5 aromatic rings. The lowest BCUT2D eigenvalue weighted by Gasteiger charge is -2.08. The van der Waals surface area contributed by atoms with E-state index in [4.69, 9.17) is 20.5 Å². The monoisotopic (exact) mass is 484 g/mol. The molecular formula is C20H10BrClN4O4. The number of furan rings is 1. The summed E-state index contributed by atoms with van der Waals surface area (Å²) in [5.74, 6) is -0.158. The Kier molecular flexibility index (Phi) is 4.41. The van der Waals surface area contributed by atoms with Gasteiger partial charge in [0, 0.05) is 27.2 Å². The van der Waals surface area contributed by atoms with Crippen LogP contribution < -0.4 is 10.9 Å². The van der Waals surface area contributed by atoms with Gasteiger partial charge in [-0.1, -0.05) is 32.7 Å². The summed E-state index contributed by atoms with van der Waals surface area (Å²) in [6, 6.07) is 11.7. The summed E-state index contributed by atoms with van der Waals surface area (Å²) in [6.07, 6.45) is 1.37. The summed E-state index contributed by atoms with van der Waals surface area (Å²) in [5, 5.41) is 7.24. The highest BCUT2D eigenvalue weighted by molar-refractivity contribution is 9.10. The van der Waals surface area contributed by atoms with Crippen LogP contribution in [0.3, 0.4) is 0 Å². The zero-order chi connectivity index (χ0) is 20.8. The molecule has 0 saturated carbocycles. The van der Waals surface area contributed by atoms with Gasteiger partial charge in [0.15, 0.2) is 0 Å². The molecule has 0 spiro atoms. The highest BCUT2D eigenvalue weighted by atomic mass is 79.9. The van der Waals surface area contributed by atoms with Crippen LogP contribution in [0.5, 0.6) is 0 Å². The van der Waals surface area contributed by atoms with Crippen LogP contribution in [-0.4, -0.2) is 21.0 Å². The van der Waals surface area contributed by atoms with Crippen molar-refractivity contribution in [2.45, 2.75) is 0 Å². The van der Waals surface area contributed by atoms with E-state index >= 15 is 0 Å². The van der Waals surface area contributed by atoms with Gasteiger partial charge in [0.2, 0.25) is 11.3 Å². The topological polar surface area (TPSA) is 114 Å². The third-order valence-electron chi connectivity index (χ3n) is 4.43. The maximum atomic E-state index is 12.6. The van der Waals surface area contributed by atoms with Gasteiger partial charge in [-0.25, -0.2) is 4.98 Å². The molecule has 2 N–H and O–H groups in total. The van der Waals surface area contributed by atoms with Crippen LogP contribution in [-0.2, 0) is 0 Å². The quantitative estimate of drug-likeness (QED) is 0.372. The van der Waals surface area contributed by atoms with Crippen molar-refractivity contribution in [3.8, 4) is 11.4 Å². The van der Waals surface area contributed by atoms with Crippen molar-refractivity contribution in [1.29, 1.82) is 0 Å². The van der Waals surface area contributed by atoms with E-state index < -0.39 is 11.5 Å². The molecule has 148 valence electrons. The van der Waals surface area contributed by atoms with Crippen LogP contribution in [0, 0.1) is 0 Å². The van der Waals surface area contributed by atoms with Crippen molar-refractivity contribution in [3.05, 3.63) is 74.3 Å². The normalized spacial score (nSPS) is 11.3. The Labute approximate surface area is 181 Å². The van der Waals surface area contributed by atoms with Crippen LogP contribution in [0.25, 0.3) is 33.5 Å². The van der Waals surface area contributed by atoms with Crippen LogP contribution in [0.1, 0.15) is 10.6 Å². The van der Waals surface area contributed by atoms with E-state index in [1.165, 1.54) is 12.3 Å². The fraction of sp³-hybridized carbons (Fsp3) is 0. The standard InChI is InChI=1S/C20H10BrClN4O4/c21-9-1-4-14-12(7-9)16-17(29-14)20(28)26-18(25-16)11-8-10(2-3-13(11)22)24-19(27)15-5-6-23-30-15/h1-8H,(H,24,27)(H,25,26,28). The first-order chi connectivity index (χ1) is 14.5. The first-order valence-electron chi connectivity index (χ1n) is 8.63. The number of H-pyrrole nitrogens is 1. The van der Waals surface area contributed by atoms with Gasteiger partial charge >= 0.3 is 0 Å². The third-order valence-corrected chi connectivity index (χ3v) is 5.25. The molecule has 0 unspecified atom stereocenters. The summed E-state index contributed by atoms with van der Waals surface area (Å²) in [7, 11) is 0. The second-order valence-corrected chi connectivity index (χ2v) is 7.68. The Balaban J connectivity index is 1.62. The fourth-order valence-corrected chi connectivity index (χ4v) is 3.63. The number of fused-ring (bicyclic) bond motifs is 3. The number of rotatable bonds is 3. The number of aromatic amines is 1. The molecule has 10 heteroatoms. The van der Waals surface area contributed by atoms with Gasteiger partial charge in [0.25, 0.3) is 11.5 Å². The minimum Gasteiger partial charge on any atom is -0.449 e. The highest BCUT2D eigenvalue weighted by Crippen LogP contribution is 2.32. The zero-order valence-electron chi connectivity index (χ0n) is 14.9. The number of halogens is 2. The molecule has 30 heavy (non-hydrogen) atoms. The Morgan fingerprint density at radius 3 is 2.83 bits per heavy atom. The van der Waals surface area contributed by atoms with Gasteiger partial charge in [0.05, 0.1) is 11.2 Å². The van der Waals surface area contributed by atoms with Crippen molar-refractivity contribution in [3.63, 3.8) is 0 Å². The van der Waals surface area contributed by atoms with E-state index in [0.29, 0.717) is 32.8 Å². The molecular weight excluding hydrogens is 476 g/mol. The Hall–Kier alpha value is -3.43. The van der Waals surface area contributed by atoms with Crippen molar-refractivity contribution in [2.75, 3.05) is 5.32 Å². The molecule has 3 heterocycles. The molecule has 0 aliphatic carbocycles. The molecule has 0 saturated heterocycles. The number of carbonyl (C=O) groups is 1. The predicted molar refractivity (Wildman–Crippen MR) is 115 cm³/mol. The van der Waals surface area contributed by atoms with Crippen LogP contribution in [0.4, 0.5) is 5.69 Å². The number of carbonyl (C=O) groups excluding carboxylic acids is 1. The number of hydrogen-bond donors (Lipinski definition) is 2. The molecule has 0 aliphatic heterocycles. The fourth-order valence-electron chi connectivity index (χ4n) is 3.06. The summed E-state index contributed by atoms with van der Waals surface area (Å²) in [6.45, 7) is 0. The maximum Gasteiger partial charge on any atom is 0.294 e. The third kappa shape index (κ3) is 3.17. The number of benzene rings is 2. The number of nitrogens with zero attached hydrogens (tertiary/aromatic N) is 2. The van der Waals surface area contributed by atoms with E-state index in [-0.39, 0.29) is 17.2 Å². The molecule has 1 amide bonds. The SMILES string of the molecule is O=C(Nc1ccc(Cl)c(-c2nc3c(oc4ccc(Br)cc43)c(=O)[nH]2)c1)c1ccno1. The average Bonchev–Trinajstić information content (AvgIpc) is 3.38. The van der Waals surface area contributed by atoms with Gasteiger partial charge in [-0.05, 0) is 36.4 Å². The van der Waals surface area contributed by atoms with Crippen molar-refractivity contribution >= 4 is 61.2 Å². The molecule has 0 atom stereocenters. The smallest absolute Gasteiger partial charge is 0.294 e. The number of nitrogens with one attached hydrogen (secondary N) is 2. The van der Waals surface area contributed by atoms with E-state index in [2.05, 4.69) is 36.4 Å². The summed E-state index contributed by atoms with van der Waals surface area (Å²) >= 11 is 9.77. The number of anilines is 1. The van der Waals surface area contributed by atoms with Crippen molar-refractivity contribution in [2.24, 2.45) is 0 Å². The van der Waals surface area contributed by atoms with Gasteiger partial charge < -0.3 is 19.2 Å². The average molecular weight is 486 g/mol. The van der Waals surface area contributed by atoms with Gasteiger partial charge in [0.1, 0.15) is 16.9 Å². The summed E-state index contributed by atoms with van der Waals surface area (Å²) < 4.78 is 11.3. The Morgan fingerprint density at radius 2 is 2.03 bits per heavy atom. The van der Waals surface area contributed by atoms with Crippen molar-refractivity contribution in [1.82, 2.24) is 15.1 Å². The number of amides is 1. The van der Waals surface area contributed by atoms with E-state index in [1.54, 1.807) is 24.3 Å². The highest BCUT2D eigenvalue weighted by Gasteiger charge is 2.17. The lowest BCUT2D eigenvalue weighted by molar-refractivity contribution is 0.0988. The predicted octanol–water partition coefficient (Wildman–Crippen LogP) is 4.99. The first-order valence-corrected chi connectivity index (χ1v) is 9.81. The minimum absolute atomic E-state index is 0.0647. The lowest BCUT2D eigenvalue weighted by Crippen LogP contribution is -2.11. The van der Waals surface area contributed by atoms with E-state index in [1.807, 2.05) is 12.1 Å². The van der Waals surface area contributed by atoms with Crippen molar-refractivity contribution < 1.29 is 13.7 Å². The van der Waals surface area contributed by atoms with E-state index in [0.717, 1.165) is 4.47 Å². The zero-order valence-corrected chi connectivity index (χ0v) is 17.2. The number of aromatic nitrogens is 3. The Bertz CT molecular complexity index is 1490. The second kappa shape index (κ2) is 7.12. The molecule has 3 aromatic heterocycles. The molecule has 5 rings (SSSR count). The van der Waals surface area contributed by atoms with Gasteiger partial charge in [-0.3, -0.25) is 9.59 Å². The van der Waals surface area contributed by atoms with Crippen LogP contribution >= 0.6 is 27.5 Å². The van der Waals surface area contributed by atoms with E-state index in [9.17, 15) is 9.59 Å². The second-order valence-electron chi connectivity index (χ2n) is 6.36. The maximum absolute atomic E-state index is 12.6. The molecule has 0 fully saturated rings. The van der Waals surface area contributed by atoms with Crippen LogP contribution in [0.2, 0.25) is 5.02 Å². The Morgan fingerprint density at radius 1 is 1.17 bits per heavy atom. The molecule has 0 aliphatic rings. The molecule has 0 radical (unpaired) electrons. The number of hydrogen-bond acceptors (Lipinski definition) is 6. The summed E-state index contributed by atoms with van der Waals surface area (Å²) in [5.41, 5.74) is 1.53. The lowest BCUT2D eigenvalue weighted by atomic mass is 10.1. The first kappa shape index (κ1) is 18.6. The summed E-state index contributed by atoms with van der Waals surface area (Å²) in [4.78, 5) is 32.1. The minimum atomic E-state index is -0.469. The van der Waals surface area contributed by atoms with Crippen LogP contribution in [0.15, 0.2) is 66.9 Å². The van der Waals surface area contributed by atoms with Gasteiger partial charge in [-0.15, -0.1) is 0 Å². The molecule has 0 bridgehead atoms. The van der Waals surface area contributed by atoms with Gasteiger partial charge in [-0.2, -0.15) is 0 Å². The molecule has 2 aromatic carbocycles. The molecule has 8 nitrogen and oxygen atoms in total.